The van der Waals surface area contributed by atoms with Gasteiger partial charge in [0, 0.05) is 40.6 Å². The van der Waals surface area contributed by atoms with Crippen LogP contribution in [0.2, 0.25) is 0 Å². The molecule has 6 nitrogen and oxygen atoms in total. The summed E-state index contributed by atoms with van der Waals surface area (Å²) in [6.07, 6.45) is 4.09. The summed E-state index contributed by atoms with van der Waals surface area (Å²) in [5, 5.41) is 6.17. The number of anilines is 1. The van der Waals surface area contributed by atoms with Crippen molar-refractivity contribution in [3.05, 3.63) is 107 Å². The van der Waals surface area contributed by atoms with Gasteiger partial charge < -0.3 is 10.3 Å². The molecule has 0 radical (unpaired) electrons. The Morgan fingerprint density at radius 1 is 0.969 bits per heavy atom. The summed E-state index contributed by atoms with van der Waals surface area (Å²) < 4.78 is 0.839. The van der Waals surface area contributed by atoms with Crippen molar-refractivity contribution >= 4 is 33.5 Å². The number of nitrogens with one attached hydrogen (secondary N) is 3. The Morgan fingerprint density at radius 3 is 2.56 bits per heavy atom. The molecule has 0 atom stereocenters. The first-order valence-electron chi connectivity index (χ1n) is 10.2. The largest absolute Gasteiger partial charge is 0.348 e. The molecule has 0 unspecified atom stereocenters. The molecule has 0 aliphatic carbocycles. The van der Waals surface area contributed by atoms with Crippen LogP contribution in [0.4, 0.5) is 5.69 Å². The summed E-state index contributed by atoms with van der Waals surface area (Å²) in [6, 6.07) is 25.4. The molecule has 0 bridgehead atoms. The highest BCUT2D eigenvalue weighted by atomic mass is 79.9. The van der Waals surface area contributed by atoms with E-state index in [0.717, 1.165) is 27.0 Å². The monoisotopic (exact) mass is 487 g/mol. The smallest absolute Gasteiger partial charge is 0.257 e. The number of hydrogen-bond acceptors (Lipinski definition) is 3. The van der Waals surface area contributed by atoms with Gasteiger partial charge in [0.15, 0.2) is 0 Å². The zero-order chi connectivity index (χ0) is 22.2. The third kappa shape index (κ3) is 5.92. The quantitative estimate of drug-likeness (QED) is 0.255. The van der Waals surface area contributed by atoms with Crippen LogP contribution in [0.3, 0.4) is 0 Å². The van der Waals surface area contributed by atoms with Gasteiger partial charge in [0.1, 0.15) is 0 Å². The minimum absolute atomic E-state index is 0.238. The van der Waals surface area contributed by atoms with Crippen LogP contribution in [0.1, 0.15) is 16.1 Å². The van der Waals surface area contributed by atoms with Gasteiger partial charge in [0.2, 0.25) is 5.96 Å². The average Bonchev–Trinajstić information content (AvgIpc) is 3.33. The van der Waals surface area contributed by atoms with E-state index in [1.807, 2.05) is 48.5 Å². The Kier molecular flexibility index (Phi) is 7.09. The number of carbonyl (C=O) groups excluding carboxylic acids is 1. The molecule has 0 fully saturated rings. The summed E-state index contributed by atoms with van der Waals surface area (Å²) >= 11 is 3.41. The standard InChI is InChI=1S/C25H22BrN5O/c26-21-10-4-9-20(14-21)24(32)31-25(28-13-12-23-16-27-17-29-23)30-22-11-5-8-19(15-22)18-6-2-1-3-7-18/h1-11,14-17H,12-13H2,(H,27,29)(H2,28,30,31,32). The van der Waals surface area contributed by atoms with Crippen molar-refractivity contribution in [2.45, 2.75) is 6.42 Å². The van der Waals surface area contributed by atoms with E-state index in [-0.39, 0.29) is 5.91 Å². The van der Waals surface area contributed by atoms with Crippen LogP contribution in [0.25, 0.3) is 11.1 Å². The Bertz CT molecular complexity index is 1210. The second kappa shape index (κ2) is 10.5. The van der Waals surface area contributed by atoms with Crippen molar-refractivity contribution in [2.24, 2.45) is 4.99 Å². The predicted octanol–water partition coefficient (Wildman–Crippen LogP) is 5.28. The number of aliphatic imine (C=N–C) groups is 1. The van der Waals surface area contributed by atoms with Crippen LogP contribution >= 0.6 is 15.9 Å². The molecule has 1 amide bonds. The van der Waals surface area contributed by atoms with Crippen LogP contribution < -0.4 is 10.6 Å². The van der Waals surface area contributed by atoms with E-state index >= 15 is 0 Å². The maximum Gasteiger partial charge on any atom is 0.257 e. The molecule has 1 heterocycles. The van der Waals surface area contributed by atoms with Crippen molar-refractivity contribution < 1.29 is 4.79 Å². The third-order valence-electron chi connectivity index (χ3n) is 4.76. The number of H-pyrrole nitrogens is 1. The SMILES string of the molecule is O=C(NC(=NCCc1cnc[nH]1)Nc1cccc(-c2ccccc2)c1)c1cccc(Br)c1. The maximum absolute atomic E-state index is 12.8. The summed E-state index contributed by atoms with van der Waals surface area (Å²) in [5.41, 5.74) is 4.55. The zero-order valence-corrected chi connectivity index (χ0v) is 18.8. The number of aromatic amines is 1. The number of hydrogen-bond donors (Lipinski definition) is 3. The number of rotatable bonds is 6. The van der Waals surface area contributed by atoms with E-state index in [1.54, 1.807) is 24.7 Å². The van der Waals surface area contributed by atoms with E-state index in [1.165, 1.54) is 0 Å². The molecule has 160 valence electrons. The molecular weight excluding hydrogens is 466 g/mol. The normalized spacial score (nSPS) is 11.2. The molecule has 0 aliphatic heterocycles. The molecule has 7 heteroatoms. The molecule has 3 N–H and O–H groups in total. The van der Waals surface area contributed by atoms with Crippen molar-refractivity contribution in [3.8, 4) is 11.1 Å². The van der Waals surface area contributed by atoms with Gasteiger partial charge in [-0.1, -0.05) is 64.5 Å². The van der Waals surface area contributed by atoms with Gasteiger partial charge >= 0.3 is 0 Å². The van der Waals surface area contributed by atoms with Gasteiger partial charge in [-0.15, -0.1) is 0 Å². The Morgan fingerprint density at radius 2 is 1.78 bits per heavy atom. The molecule has 0 saturated heterocycles. The van der Waals surface area contributed by atoms with Crippen molar-refractivity contribution in [1.29, 1.82) is 0 Å². The molecule has 4 rings (SSSR count). The molecule has 1 aromatic heterocycles. The minimum Gasteiger partial charge on any atom is -0.348 e. The van der Waals surface area contributed by atoms with Crippen LogP contribution in [0.5, 0.6) is 0 Å². The van der Waals surface area contributed by atoms with Gasteiger partial charge in [0.25, 0.3) is 5.91 Å². The Labute approximate surface area is 195 Å². The van der Waals surface area contributed by atoms with E-state index in [0.29, 0.717) is 24.5 Å². The van der Waals surface area contributed by atoms with E-state index in [9.17, 15) is 4.79 Å². The van der Waals surface area contributed by atoms with Crippen molar-refractivity contribution in [2.75, 3.05) is 11.9 Å². The van der Waals surface area contributed by atoms with E-state index < -0.39 is 0 Å². The number of imidazole rings is 1. The molecule has 3 aromatic carbocycles. The van der Waals surface area contributed by atoms with Crippen molar-refractivity contribution in [1.82, 2.24) is 15.3 Å². The van der Waals surface area contributed by atoms with Crippen LogP contribution in [-0.4, -0.2) is 28.4 Å². The first kappa shape index (κ1) is 21.5. The molecular formula is C25H22BrN5O. The first-order valence-corrected chi connectivity index (χ1v) is 11.0. The number of carbonyl (C=O) groups is 1. The fourth-order valence-corrected chi connectivity index (χ4v) is 3.57. The zero-order valence-electron chi connectivity index (χ0n) is 17.3. The highest BCUT2D eigenvalue weighted by Gasteiger charge is 2.10. The lowest BCUT2D eigenvalue weighted by molar-refractivity contribution is 0.0977. The molecule has 4 aromatic rings. The second-order valence-corrected chi connectivity index (χ2v) is 8.01. The number of aromatic nitrogens is 2. The number of guanidine groups is 1. The van der Waals surface area contributed by atoms with Crippen LogP contribution in [0, 0.1) is 0 Å². The van der Waals surface area contributed by atoms with Gasteiger partial charge in [-0.3, -0.25) is 15.1 Å². The minimum atomic E-state index is -0.238. The Hall–Kier alpha value is -3.71. The van der Waals surface area contributed by atoms with E-state index in [2.05, 4.69) is 59.7 Å². The summed E-state index contributed by atoms with van der Waals surface area (Å²) in [7, 11) is 0. The second-order valence-electron chi connectivity index (χ2n) is 7.09. The predicted molar refractivity (Wildman–Crippen MR) is 132 cm³/mol. The van der Waals surface area contributed by atoms with Gasteiger partial charge in [-0.05, 0) is 41.5 Å². The lowest BCUT2D eigenvalue weighted by atomic mass is 10.1. The van der Waals surface area contributed by atoms with Gasteiger partial charge in [-0.2, -0.15) is 0 Å². The summed E-state index contributed by atoms with van der Waals surface area (Å²) in [5.74, 6) is 0.151. The fourth-order valence-electron chi connectivity index (χ4n) is 3.17. The van der Waals surface area contributed by atoms with Gasteiger partial charge in [-0.25, -0.2) is 4.98 Å². The molecule has 0 saturated carbocycles. The fraction of sp³-hybridized carbons (Fsp3) is 0.0800. The molecule has 32 heavy (non-hydrogen) atoms. The first-order chi connectivity index (χ1) is 15.7. The number of benzene rings is 3. The van der Waals surface area contributed by atoms with Gasteiger partial charge in [0.05, 0.1) is 6.33 Å². The Balaban J connectivity index is 1.54. The van der Waals surface area contributed by atoms with Crippen LogP contribution in [-0.2, 0) is 6.42 Å². The topological polar surface area (TPSA) is 82.2 Å². The van der Waals surface area contributed by atoms with Crippen LogP contribution in [0.15, 0.2) is 101 Å². The lowest BCUT2D eigenvalue weighted by Gasteiger charge is -2.13. The van der Waals surface area contributed by atoms with Crippen molar-refractivity contribution in [3.63, 3.8) is 0 Å². The summed E-state index contributed by atoms with van der Waals surface area (Å²) in [6.45, 7) is 0.488. The third-order valence-corrected chi connectivity index (χ3v) is 5.25. The number of nitrogens with zero attached hydrogens (tertiary/aromatic N) is 2. The molecule has 0 aliphatic rings. The average molecular weight is 488 g/mol. The highest BCUT2D eigenvalue weighted by Crippen LogP contribution is 2.22. The summed E-state index contributed by atoms with van der Waals surface area (Å²) in [4.78, 5) is 24.5. The lowest BCUT2D eigenvalue weighted by Crippen LogP contribution is -2.36. The highest BCUT2D eigenvalue weighted by molar-refractivity contribution is 9.10. The van der Waals surface area contributed by atoms with E-state index in [4.69, 9.17) is 0 Å². The maximum atomic E-state index is 12.8. The molecule has 0 spiro atoms. The number of amides is 1. The number of halogens is 1.